The zero-order valence-electron chi connectivity index (χ0n) is 6.84. The fourth-order valence-electron chi connectivity index (χ4n) is 0.998. The summed E-state index contributed by atoms with van der Waals surface area (Å²) in [6.07, 6.45) is -2.56. The van der Waals surface area contributed by atoms with Gasteiger partial charge in [-0.3, -0.25) is 0 Å². The van der Waals surface area contributed by atoms with Crippen LogP contribution in [0, 0.1) is 17.3 Å². The fourth-order valence-corrected chi connectivity index (χ4v) is 0.998. The van der Waals surface area contributed by atoms with E-state index in [1.165, 1.54) is 0 Å². The highest BCUT2D eigenvalue weighted by molar-refractivity contribution is 5.39. The first kappa shape index (κ1) is 10.3. The highest BCUT2D eigenvalue weighted by Gasteiger charge is 2.21. The summed E-state index contributed by atoms with van der Waals surface area (Å²) in [6, 6.07) is 1.62. The van der Waals surface area contributed by atoms with Crippen LogP contribution in [0.15, 0.2) is 6.20 Å². The molecule has 0 unspecified atom stereocenters. The average molecular weight is 202 g/mol. The van der Waals surface area contributed by atoms with Crippen LogP contribution in [0.5, 0.6) is 5.75 Å². The molecule has 0 aromatic carbocycles. The zero-order valence-corrected chi connectivity index (χ0v) is 6.84. The van der Waals surface area contributed by atoms with Gasteiger partial charge in [0.2, 0.25) is 0 Å². The first-order valence-electron chi connectivity index (χ1n) is 3.59. The summed E-state index contributed by atoms with van der Waals surface area (Å²) in [5, 5.41) is 17.2. The maximum absolute atomic E-state index is 12.6. The van der Waals surface area contributed by atoms with E-state index in [0.29, 0.717) is 0 Å². The Morgan fingerprint density at radius 2 is 2.21 bits per heavy atom. The van der Waals surface area contributed by atoms with Gasteiger partial charge in [0.15, 0.2) is 5.75 Å². The van der Waals surface area contributed by atoms with Gasteiger partial charge in [-0.05, 0) is 5.56 Å². The number of nitrogens with zero attached hydrogens (tertiary/aromatic N) is 2. The zero-order chi connectivity index (χ0) is 10.7. The number of pyridine rings is 1. The molecule has 0 aliphatic heterocycles. The van der Waals surface area contributed by atoms with Crippen molar-refractivity contribution >= 4 is 0 Å². The largest absolute Gasteiger partial charge is 0.503 e. The molecule has 0 saturated carbocycles. The molecule has 1 heterocycles. The van der Waals surface area contributed by atoms with Crippen LogP contribution < -0.4 is 0 Å². The molecule has 0 amide bonds. The van der Waals surface area contributed by atoms with Crippen molar-refractivity contribution in [1.82, 2.24) is 4.98 Å². The maximum atomic E-state index is 12.6. The van der Waals surface area contributed by atoms with Gasteiger partial charge in [0, 0.05) is 6.20 Å². The highest BCUT2D eigenvalue weighted by atomic mass is 19.3. The molecule has 0 aliphatic rings. The van der Waals surface area contributed by atoms with Crippen molar-refractivity contribution in [3.05, 3.63) is 23.3 Å². The Labute approximate surface area is 77.4 Å². The molecule has 0 saturated heterocycles. The molecule has 0 radical (unpaired) electrons. The third-order valence-corrected chi connectivity index (χ3v) is 1.62. The summed E-state index contributed by atoms with van der Waals surface area (Å²) in [6.45, 7) is 0. The molecule has 1 aromatic rings. The Balaban J connectivity index is 3.31. The lowest BCUT2D eigenvalue weighted by Gasteiger charge is -2.07. The van der Waals surface area contributed by atoms with Crippen molar-refractivity contribution in [1.29, 1.82) is 5.26 Å². The molecule has 0 atom stereocenters. The topological polar surface area (TPSA) is 56.9 Å². The minimum atomic E-state index is -3.03. The van der Waals surface area contributed by atoms with E-state index in [-0.39, 0.29) is 12.0 Å². The lowest BCUT2D eigenvalue weighted by molar-refractivity contribution is 0.145. The quantitative estimate of drug-likeness (QED) is 0.745. The Hall–Kier alpha value is -1.77. The van der Waals surface area contributed by atoms with E-state index >= 15 is 0 Å². The molecule has 6 heteroatoms. The van der Waals surface area contributed by atoms with E-state index in [2.05, 4.69) is 4.98 Å². The lowest BCUT2D eigenvalue weighted by Crippen LogP contribution is -1.99. The second kappa shape index (κ2) is 3.96. The Morgan fingerprint density at radius 3 is 2.71 bits per heavy atom. The van der Waals surface area contributed by atoms with E-state index in [4.69, 9.17) is 10.4 Å². The van der Waals surface area contributed by atoms with Crippen LogP contribution in [0.3, 0.4) is 0 Å². The minimum Gasteiger partial charge on any atom is -0.503 e. The molecule has 0 bridgehead atoms. The Kier molecular flexibility index (Phi) is 2.92. The molecule has 0 fully saturated rings. The fraction of sp³-hybridized carbons (Fsp3) is 0.250. The molecule has 0 aliphatic carbocycles. The number of aromatic nitrogens is 1. The van der Waals surface area contributed by atoms with Crippen molar-refractivity contribution in [2.45, 2.75) is 12.8 Å². The normalized spacial score (nSPS) is 10.2. The van der Waals surface area contributed by atoms with E-state index in [1.54, 1.807) is 6.07 Å². The molecule has 14 heavy (non-hydrogen) atoms. The molecule has 3 nitrogen and oxygen atoms in total. The first-order chi connectivity index (χ1) is 6.57. The van der Waals surface area contributed by atoms with Crippen molar-refractivity contribution in [3.8, 4) is 11.8 Å². The molecular formula is C8H5F3N2O. The summed E-state index contributed by atoms with van der Waals surface area (Å²) in [5.41, 5.74) is -1.03. The monoisotopic (exact) mass is 202 g/mol. The van der Waals surface area contributed by atoms with Crippen molar-refractivity contribution in [2.75, 3.05) is 0 Å². The molecule has 1 N–H and O–H groups in total. The van der Waals surface area contributed by atoms with Gasteiger partial charge in [0.25, 0.3) is 12.4 Å². The van der Waals surface area contributed by atoms with Gasteiger partial charge >= 0.3 is 0 Å². The second-order valence-electron chi connectivity index (χ2n) is 2.47. The molecule has 1 rings (SSSR count). The summed E-state index contributed by atoms with van der Waals surface area (Å²) in [4.78, 5) is 3.04. The van der Waals surface area contributed by atoms with Crippen LogP contribution in [-0.4, -0.2) is 10.1 Å². The predicted octanol–water partition coefficient (Wildman–Crippen LogP) is 1.93. The van der Waals surface area contributed by atoms with E-state index in [1.807, 2.05) is 0 Å². The lowest BCUT2D eigenvalue weighted by atomic mass is 10.1. The predicted molar refractivity (Wildman–Crippen MR) is 40.1 cm³/mol. The highest BCUT2D eigenvalue weighted by Crippen LogP contribution is 2.32. The Bertz CT molecular complexity index is 387. The van der Waals surface area contributed by atoms with Crippen LogP contribution in [0.2, 0.25) is 0 Å². The number of hydrogen-bond acceptors (Lipinski definition) is 3. The summed E-state index contributed by atoms with van der Waals surface area (Å²) in [7, 11) is 0. The summed E-state index contributed by atoms with van der Waals surface area (Å²) in [5.74, 6) is -2.55. The maximum Gasteiger partial charge on any atom is 0.267 e. The standard InChI is InChI=1S/C8H5F3N2O/c9-7(10)5-4(1-2-12)3-13-8(11)6(5)14/h3,7,14H,1H2. The average Bonchev–Trinajstić information content (AvgIpc) is 2.11. The number of halogens is 3. The Morgan fingerprint density at radius 1 is 1.57 bits per heavy atom. The van der Waals surface area contributed by atoms with Gasteiger partial charge in [0.1, 0.15) is 0 Å². The SMILES string of the molecule is N#CCc1cnc(F)c(O)c1C(F)F. The molecule has 0 spiro atoms. The van der Waals surface area contributed by atoms with Crippen molar-refractivity contribution in [2.24, 2.45) is 0 Å². The van der Waals surface area contributed by atoms with Crippen LogP contribution in [0.1, 0.15) is 17.6 Å². The van der Waals surface area contributed by atoms with E-state index in [0.717, 1.165) is 6.20 Å². The van der Waals surface area contributed by atoms with E-state index in [9.17, 15) is 13.2 Å². The minimum absolute atomic E-state index is 0.165. The summed E-state index contributed by atoms with van der Waals surface area (Å²) >= 11 is 0. The second-order valence-corrected chi connectivity index (χ2v) is 2.47. The number of rotatable bonds is 2. The third kappa shape index (κ3) is 1.76. The third-order valence-electron chi connectivity index (χ3n) is 1.62. The number of nitriles is 1. The number of aromatic hydroxyl groups is 1. The smallest absolute Gasteiger partial charge is 0.267 e. The molecular weight excluding hydrogens is 197 g/mol. The number of alkyl halides is 2. The van der Waals surface area contributed by atoms with Gasteiger partial charge < -0.3 is 5.11 Å². The van der Waals surface area contributed by atoms with E-state index < -0.39 is 23.7 Å². The van der Waals surface area contributed by atoms with Crippen LogP contribution in [0.4, 0.5) is 13.2 Å². The number of hydrogen-bond donors (Lipinski definition) is 1. The molecule has 1 aromatic heterocycles. The van der Waals surface area contributed by atoms with Crippen LogP contribution >= 0.6 is 0 Å². The van der Waals surface area contributed by atoms with Gasteiger partial charge in [-0.15, -0.1) is 0 Å². The van der Waals surface area contributed by atoms with Gasteiger partial charge in [-0.1, -0.05) is 0 Å². The van der Waals surface area contributed by atoms with Crippen LogP contribution in [0.25, 0.3) is 0 Å². The summed E-state index contributed by atoms with van der Waals surface area (Å²) < 4.78 is 37.2. The first-order valence-corrected chi connectivity index (χ1v) is 3.59. The van der Waals surface area contributed by atoms with Crippen molar-refractivity contribution in [3.63, 3.8) is 0 Å². The molecule has 74 valence electrons. The van der Waals surface area contributed by atoms with Crippen molar-refractivity contribution < 1.29 is 18.3 Å². The van der Waals surface area contributed by atoms with Gasteiger partial charge in [-0.2, -0.15) is 9.65 Å². The van der Waals surface area contributed by atoms with Crippen LogP contribution in [-0.2, 0) is 6.42 Å². The van der Waals surface area contributed by atoms with Gasteiger partial charge in [0.05, 0.1) is 18.1 Å². The van der Waals surface area contributed by atoms with Gasteiger partial charge in [-0.25, -0.2) is 13.8 Å².